The molecule has 116 valence electrons. The molecule has 0 radical (unpaired) electrons. The summed E-state index contributed by atoms with van der Waals surface area (Å²) in [6.45, 7) is 3.99. The molecule has 0 aromatic carbocycles. The Hall–Kier alpha value is -1.88. The van der Waals surface area contributed by atoms with Crippen LogP contribution in [0.4, 0.5) is 0 Å². The van der Waals surface area contributed by atoms with Crippen LogP contribution >= 0.6 is 0 Å². The van der Waals surface area contributed by atoms with Crippen LogP contribution in [-0.4, -0.2) is 39.4 Å². The molecule has 2 aromatic heterocycles. The van der Waals surface area contributed by atoms with Gasteiger partial charge in [-0.2, -0.15) is 5.10 Å². The first kappa shape index (κ1) is 13.8. The Kier molecular flexibility index (Phi) is 3.58. The fraction of sp³-hybridized carbons (Fsp3) is 0.529. The van der Waals surface area contributed by atoms with Crippen molar-refractivity contribution in [1.29, 1.82) is 0 Å². The lowest BCUT2D eigenvalue weighted by atomic mass is 9.95. The largest absolute Gasteiger partial charge is 0.491 e. The van der Waals surface area contributed by atoms with Gasteiger partial charge in [0.2, 0.25) is 0 Å². The van der Waals surface area contributed by atoms with Crippen LogP contribution in [-0.2, 0) is 13.6 Å². The van der Waals surface area contributed by atoms with E-state index in [4.69, 9.17) is 4.74 Å². The van der Waals surface area contributed by atoms with Gasteiger partial charge in [0, 0.05) is 44.4 Å². The first-order valence-corrected chi connectivity index (χ1v) is 8.05. The van der Waals surface area contributed by atoms with Gasteiger partial charge in [0.05, 0.1) is 24.7 Å². The lowest BCUT2D eigenvalue weighted by molar-refractivity contribution is 0.179. The van der Waals surface area contributed by atoms with Crippen molar-refractivity contribution in [2.45, 2.75) is 25.3 Å². The van der Waals surface area contributed by atoms with Crippen LogP contribution in [0.15, 0.2) is 30.7 Å². The van der Waals surface area contributed by atoms with Gasteiger partial charge in [-0.1, -0.05) is 0 Å². The molecule has 0 saturated heterocycles. The predicted molar refractivity (Wildman–Crippen MR) is 83.7 cm³/mol. The lowest BCUT2D eigenvalue weighted by Crippen LogP contribution is -2.37. The Morgan fingerprint density at radius 1 is 1.32 bits per heavy atom. The molecule has 0 amide bonds. The van der Waals surface area contributed by atoms with E-state index >= 15 is 0 Å². The number of aromatic nitrogens is 3. The van der Waals surface area contributed by atoms with Crippen molar-refractivity contribution in [3.63, 3.8) is 0 Å². The van der Waals surface area contributed by atoms with Gasteiger partial charge < -0.3 is 4.74 Å². The van der Waals surface area contributed by atoms with E-state index in [-0.39, 0.29) is 0 Å². The average molecular weight is 298 g/mol. The molecule has 5 heteroatoms. The predicted octanol–water partition coefficient (Wildman–Crippen LogP) is 2.20. The number of hydrogen-bond donors (Lipinski definition) is 0. The summed E-state index contributed by atoms with van der Waals surface area (Å²) in [6.07, 6.45) is 8.34. The minimum atomic E-state index is 0.386. The summed E-state index contributed by atoms with van der Waals surface area (Å²) in [5.41, 5.74) is 2.69. The highest BCUT2D eigenvalue weighted by atomic mass is 16.5. The number of pyridine rings is 1. The van der Waals surface area contributed by atoms with Crippen LogP contribution < -0.4 is 4.74 Å². The van der Waals surface area contributed by atoms with E-state index < -0.39 is 0 Å². The number of rotatable bonds is 5. The molecule has 1 fully saturated rings. The average Bonchev–Trinajstić information content (AvgIpc) is 3.28. The third kappa shape index (κ3) is 2.86. The van der Waals surface area contributed by atoms with Crippen molar-refractivity contribution < 1.29 is 4.74 Å². The van der Waals surface area contributed by atoms with Crippen LogP contribution in [0.2, 0.25) is 0 Å². The standard InChI is InChI=1S/C17H22N4O/c1-20-17-11-21(9-13-4-5-13)10-14(16(17)8-19-20)12-22-15-3-2-6-18-7-15/h2-3,6-8,13-14H,4-5,9-12H2,1H3/t14-/m1/s1. The van der Waals surface area contributed by atoms with Gasteiger partial charge in [-0.05, 0) is 30.9 Å². The van der Waals surface area contributed by atoms with Gasteiger partial charge in [-0.15, -0.1) is 0 Å². The highest BCUT2D eigenvalue weighted by molar-refractivity contribution is 5.26. The molecule has 1 atom stereocenters. The zero-order chi connectivity index (χ0) is 14.9. The van der Waals surface area contributed by atoms with Crippen LogP contribution in [0.25, 0.3) is 0 Å². The lowest BCUT2D eigenvalue weighted by Gasteiger charge is -2.33. The van der Waals surface area contributed by atoms with E-state index in [0.29, 0.717) is 12.5 Å². The van der Waals surface area contributed by atoms with E-state index in [1.165, 1.54) is 30.6 Å². The second-order valence-corrected chi connectivity index (χ2v) is 6.50. The molecule has 5 nitrogen and oxygen atoms in total. The molecule has 1 aliphatic carbocycles. The molecule has 2 aromatic rings. The maximum Gasteiger partial charge on any atom is 0.137 e. The highest BCUT2D eigenvalue weighted by Crippen LogP contribution is 2.34. The zero-order valence-electron chi connectivity index (χ0n) is 13.0. The second kappa shape index (κ2) is 5.72. The molecular weight excluding hydrogens is 276 g/mol. The van der Waals surface area contributed by atoms with Crippen molar-refractivity contribution in [3.8, 4) is 5.75 Å². The maximum atomic E-state index is 5.95. The summed E-state index contributed by atoms with van der Waals surface area (Å²) >= 11 is 0. The third-order valence-electron chi connectivity index (χ3n) is 4.68. The molecule has 22 heavy (non-hydrogen) atoms. The number of ether oxygens (including phenoxy) is 1. The molecule has 1 aliphatic heterocycles. The molecule has 3 heterocycles. The Morgan fingerprint density at radius 2 is 2.23 bits per heavy atom. The van der Waals surface area contributed by atoms with E-state index in [0.717, 1.165) is 24.8 Å². The smallest absolute Gasteiger partial charge is 0.137 e. The molecule has 0 unspecified atom stereocenters. The van der Waals surface area contributed by atoms with Crippen LogP contribution in [0.5, 0.6) is 5.75 Å². The Balaban J connectivity index is 1.49. The van der Waals surface area contributed by atoms with Crippen LogP contribution in [0.1, 0.15) is 30.0 Å². The molecule has 0 spiro atoms. The summed E-state index contributed by atoms with van der Waals surface area (Å²) in [5, 5.41) is 4.45. The normalized spacial score (nSPS) is 21.6. The molecule has 0 N–H and O–H groups in total. The van der Waals surface area contributed by atoms with Gasteiger partial charge in [-0.3, -0.25) is 14.6 Å². The number of nitrogens with zero attached hydrogens (tertiary/aromatic N) is 4. The summed E-state index contributed by atoms with van der Waals surface area (Å²) in [6, 6.07) is 3.87. The molecule has 4 rings (SSSR count). The van der Waals surface area contributed by atoms with E-state index in [1.807, 2.05) is 30.1 Å². The van der Waals surface area contributed by atoms with E-state index in [2.05, 4.69) is 15.0 Å². The zero-order valence-corrected chi connectivity index (χ0v) is 13.0. The minimum Gasteiger partial charge on any atom is -0.491 e. The van der Waals surface area contributed by atoms with Gasteiger partial charge >= 0.3 is 0 Å². The summed E-state index contributed by atoms with van der Waals surface area (Å²) in [5.74, 6) is 2.14. The van der Waals surface area contributed by atoms with Crippen molar-refractivity contribution >= 4 is 0 Å². The summed E-state index contributed by atoms with van der Waals surface area (Å²) in [7, 11) is 2.04. The molecule has 1 saturated carbocycles. The third-order valence-corrected chi connectivity index (χ3v) is 4.68. The van der Waals surface area contributed by atoms with Gasteiger partial charge in [0.15, 0.2) is 0 Å². The van der Waals surface area contributed by atoms with Crippen molar-refractivity contribution in [2.75, 3.05) is 19.7 Å². The molecule has 0 bridgehead atoms. The Morgan fingerprint density at radius 3 is 3.00 bits per heavy atom. The topological polar surface area (TPSA) is 43.2 Å². The van der Waals surface area contributed by atoms with Crippen molar-refractivity contribution in [1.82, 2.24) is 19.7 Å². The summed E-state index contributed by atoms with van der Waals surface area (Å²) < 4.78 is 7.97. The van der Waals surface area contributed by atoms with Gasteiger partial charge in [0.25, 0.3) is 0 Å². The molecular formula is C17H22N4O. The fourth-order valence-electron chi connectivity index (χ4n) is 3.28. The number of hydrogen-bond acceptors (Lipinski definition) is 4. The maximum absolute atomic E-state index is 5.95. The minimum absolute atomic E-state index is 0.386. The fourth-order valence-corrected chi connectivity index (χ4v) is 3.28. The quantitative estimate of drug-likeness (QED) is 0.849. The van der Waals surface area contributed by atoms with Crippen LogP contribution in [0.3, 0.4) is 0 Å². The Labute approximate surface area is 130 Å². The second-order valence-electron chi connectivity index (χ2n) is 6.50. The van der Waals surface area contributed by atoms with Crippen LogP contribution in [0, 0.1) is 5.92 Å². The highest BCUT2D eigenvalue weighted by Gasteiger charge is 2.32. The first-order valence-electron chi connectivity index (χ1n) is 8.05. The summed E-state index contributed by atoms with van der Waals surface area (Å²) in [4.78, 5) is 6.68. The number of fused-ring (bicyclic) bond motifs is 1. The molecule has 2 aliphatic rings. The van der Waals surface area contributed by atoms with Crippen molar-refractivity contribution in [3.05, 3.63) is 42.0 Å². The van der Waals surface area contributed by atoms with Gasteiger partial charge in [-0.25, -0.2) is 0 Å². The SMILES string of the molecule is Cn1ncc2c1CN(CC1CC1)C[C@@H]2COc1cccnc1. The van der Waals surface area contributed by atoms with E-state index in [1.54, 1.807) is 12.4 Å². The first-order chi connectivity index (χ1) is 10.8. The monoisotopic (exact) mass is 298 g/mol. The van der Waals surface area contributed by atoms with E-state index in [9.17, 15) is 0 Å². The van der Waals surface area contributed by atoms with Gasteiger partial charge in [0.1, 0.15) is 5.75 Å². The number of aryl methyl sites for hydroxylation is 1. The Bertz CT molecular complexity index is 635. The van der Waals surface area contributed by atoms with Crippen molar-refractivity contribution in [2.24, 2.45) is 13.0 Å².